The van der Waals surface area contributed by atoms with Crippen LogP contribution in [0.1, 0.15) is 19.3 Å². The minimum atomic E-state index is -2.38. The van der Waals surface area contributed by atoms with Crippen LogP contribution in [0.5, 0.6) is 0 Å². The summed E-state index contributed by atoms with van der Waals surface area (Å²) in [5.41, 5.74) is 0. The summed E-state index contributed by atoms with van der Waals surface area (Å²) in [6.45, 7) is 0. The number of hydrogen-bond donors (Lipinski definition) is 0. The molecule has 0 aromatic heterocycles. The highest BCUT2D eigenvalue weighted by Gasteiger charge is 2.42. The van der Waals surface area contributed by atoms with Crippen LogP contribution >= 0.6 is 0 Å². The van der Waals surface area contributed by atoms with E-state index in [0.29, 0.717) is 5.92 Å². The Morgan fingerprint density at radius 3 is 1.83 bits per heavy atom. The first-order valence-corrected chi connectivity index (χ1v) is 6.08. The summed E-state index contributed by atoms with van der Waals surface area (Å²) in [5.74, 6) is 0.650. The molecule has 1 fully saturated rings. The third kappa shape index (κ3) is 2.07. The van der Waals surface area contributed by atoms with Gasteiger partial charge in [0.2, 0.25) is 0 Å². The summed E-state index contributed by atoms with van der Waals surface area (Å²) in [5, 5.41) is 0. The molecule has 0 saturated heterocycles. The maximum Gasteiger partial charge on any atom is 0.503 e. The van der Waals surface area contributed by atoms with Gasteiger partial charge in [0.25, 0.3) is 0 Å². The zero-order chi connectivity index (χ0) is 9.03. The minimum absolute atomic E-state index is 0.650. The van der Waals surface area contributed by atoms with Crippen LogP contribution < -0.4 is 0 Å². The smallest absolute Gasteiger partial charge is 0.377 e. The number of hydrogen-bond acceptors (Lipinski definition) is 3. The maximum atomic E-state index is 5.28. The van der Waals surface area contributed by atoms with Crippen molar-refractivity contribution in [3.8, 4) is 0 Å². The molecule has 1 radical (unpaired) electrons. The molecule has 4 heteroatoms. The van der Waals surface area contributed by atoms with Gasteiger partial charge < -0.3 is 13.3 Å². The van der Waals surface area contributed by atoms with E-state index in [4.69, 9.17) is 13.3 Å². The van der Waals surface area contributed by atoms with E-state index in [1.807, 2.05) is 0 Å². The van der Waals surface area contributed by atoms with Gasteiger partial charge in [-0.2, -0.15) is 0 Å². The van der Waals surface area contributed by atoms with E-state index < -0.39 is 8.80 Å². The monoisotopic (exact) mass is 189 g/mol. The molecule has 1 saturated carbocycles. The average molecular weight is 189 g/mol. The quantitative estimate of drug-likeness (QED) is 0.612. The summed E-state index contributed by atoms with van der Waals surface area (Å²) in [6, 6.07) is 2.14. The lowest BCUT2D eigenvalue weighted by Crippen LogP contribution is -2.46. The van der Waals surface area contributed by atoms with Crippen LogP contribution in [-0.2, 0) is 13.3 Å². The Balaban J connectivity index is 2.39. The van der Waals surface area contributed by atoms with E-state index in [-0.39, 0.29) is 0 Å². The van der Waals surface area contributed by atoms with Crippen LogP contribution in [-0.4, -0.2) is 30.1 Å². The predicted octanol–water partition coefficient (Wildman–Crippen LogP) is 1.41. The molecular weight excluding hydrogens is 172 g/mol. The van der Waals surface area contributed by atoms with Gasteiger partial charge in [-0.3, -0.25) is 0 Å². The van der Waals surface area contributed by atoms with Crippen molar-refractivity contribution in [1.82, 2.24) is 0 Å². The second-order valence-corrected chi connectivity index (χ2v) is 5.84. The van der Waals surface area contributed by atoms with E-state index in [1.165, 1.54) is 19.3 Å². The Bertz CT molecular complexity index is 124. The Kier molecular flexibility index (Phi) is 3.70. The second-order valence-electron chi connectivity index (χ2n) is 3.07. The van der Waals surface area contributed by atoms with Gasteiger partial charge in [-0.05, 0) is 5.92 Å². The molecule has 0 amide bonds. The highest BCUT2D eigenvalue weighted by Crippen LogP contribution is 2.32. The van der Waals surface area contributed by atoms with Crippen LogP contribution in [0.15, 0.2) is 0 Å². The van der Waals surface area contributed by atoms with E-state index in [2.05, 4.69) is 6.04 Å². The highest BCUT2D eigenvalue weighted by molar-refractivity contribution is 6.64. The normalized spacial score (nSPS) is 19.2. The molecule has 0 aromatic rings. The second kappa shape index (κ2) is 4.37. The Morgan fingerprint density at radius 2 is 1.58 bits per heavy atom. The summed E-state index contributed by atoms with van der Waals surface area (Å²) in [6.07, 6.45) is 3.83. The zero-order valence-corrected chi connectivity index (χ0v) is 9.00. The van der Waals surface area contributed by atoms with Crippen LogP contribution in [0.4, 0.5) is 0 Å². The van der Waals surface area contributed by atoms with Crippen LogP contribution in [0.25, 0.3) is 0 Å². The van der Waals surface area contributed by atoms with Crippen molar-refractivity contribution in [2.45, 2.75) is 19.3 Å². The van der Waals surface area contributed by atoms with Gasteiger partial charge in [0, 0.05) is 27.4 Å². The molecule has 0 N–H and O–H groups in total. The van der Waals surface area contributed by atoms with Crippen molar-refractivity contribution in [2.75, 3.05) is 21.3 Å². The molecule has 1 aliphatic rings. The third-order valence-electron chi connectivity index (χ3n) is 2.44. The molecule has 0 aromatic carbocycles. The lowest BCUT2D eigenvalue weighted by molar-refractivity contribution is 0.125. The van der Waals surface area contributed by atoms with Crippen molar-refractivity contribution in [3.63, 3.8) is 0 Å². The lowest BCUT2D eigenvalue weighted by atomic mass is 9.87. The van der Waals surface area contributed by atoms with Gasteiger partial charge in [0.1, 0.15) is 0 Å². The van der Waals surface area contributed by atoms with Crippen molar-refractivity contribution in [3.05, 3.63) is 6.04 Å². The van der Waals surface area contributed by atoms with Gasteiger partial charge >= 0.3 is 8.80 Å². The first kappa shape index (κ1) is 10.2. The van der Waals surface area contributed by atoms with E-state index in [9.17, 15) is 0 Å². The predicted molar refractivity (Wildman–Crippen MR) is 48.4 cm³/mol. The Labute approximate surface area is 75.4 Å². The molecule has 12 heavy (non-hydrogen) atoms. The fourth-order valence-electron chi connectivity index (χ4n) is 1.35. The molecule has 1 rings (SSSR count). The van der Waals surface area contributed by atoms with Crippen LogP contribution in [0.2, 0.25) is 0 Å². The van der Waals surface area contributed by atoms with Gasteiger partial charge in [0.05, 0.1) is 0 Å². The molecular formula is C8H17O3Si. The maximum absolute atomic E-state index is 5.28. The standard InChI is InChI=1S/C8H17O3Si/c1-9-12(10-2,11-3)7-8-5-4-6-8/h7-8H,4-6H2,1-3H3. The number of rotatable bonds is 5. The first-order chi connectivity index (χ1) is 5.76. The summed E-state index contributed by atoms with van der Waals surface area (Å²) < 4.78 is 15.8. The van der Waals surface area contributed by atoms with Crippen LogP contribution in [0.3, 0.4) is 0 Å². The SMILES string of the molecule is CO[Si]([CH]C1CCC1)(OC)OC. The highest BCUT2D eigenvalue weighted by atomic mass is 28.4. The van der Waals surface area contributed by atoms with Crippen molar-refractivity contribution >= 4 is 8.80 Å². The van der Waals surface area contributed by atoms with Gasteiger partial charge in [-0.25, -0.2) is 0 Å². The topological polar surface area (TPSA) is 27.7 Å². The molecule has 0 heterocycles. The average Bonchev–Trinajstić information content (AvgIpc) is 2.05. The molecule has 0 aliphatic heterocycles. The molecule has 0 unspecified atom stereocenters. The molecule has 1 aliphatic carbocycles. The van der Waals surface area contributed by atoms with Crippen molar-refractivity contribution < 1.29 is 13.3 Å². The lowest BCUT2D eigenvalue weighted by Gasteiger charge is -2.32. The van der Waals surface area contributed by atoms with E-state index >= 15 is 0 Å². The van der Waals surface area contributed by atoms with Gasteiger partial charge in [-0.1, -0.05) is 19.3 Å². The third-order valence-corrected chi connectivity index (χ3v) is 5.03. The van der Waals surface area contributed by atoms with Crippen molar-refractivity contribution in [2.24, 2.45) is 5.92 Å². The molecule has 0 spiro atoms. The minimum Gasteiger partial charge on any atom is -0.377 e. The molecule has 0 atom stereocenters. The Hall–Kier alpha value is 0.0969. The summed E-state index contributed by atoms with van der Waals surface area (Å²) >= 11 is 0. The molecule has 71 valence electrons. The van der Waals surface area contributed by atoms with E-state index in [1.54, 1.807) is 21.3 Å². The van der Waals surface area contributed by atoms with Gasteiger partial charge in [-0.15, -0.1) is 0 Å². The van der Waals surface area contributed by atoms with Crippen molar-refractivity contribution in [1.29, 1.82) is 0 Å². The largest absolute Gasteiger partial charge is 0.503 e. The Morgan fingerprint density at radius 1 is 1.08 bits per heavy atom. The molecule has 0 bridgehead atoms. The van der Waals surface area contributed by atoms with E-state index in [0.717, 1.165) is 0 Å². The fraction of sp³-hybridized carbons (Fsp3) is 0.875. The molecule has 3 nitrogen and oxygen atoms in total. The van der Waals surface area contributed by atoms with Gasteiger partial charge in [0.15, 0.2) is 0 Å². The van der Waals surface area contributed by atoms with Crippen LogP contribution in [0, 0.1) is 12.0 Å². The summed E-state index contributed by atoms with van der Waals surface area (Å²) in [4.78, 5) is 0. The zero-order valence-electron chi connectivity index (χ0n) is 8.00. The fourth-order valence-corrected chi connectivity index (χ4v) is 3.17. The first-order valence-electron chi connectivity index (χ1n) is 4.28. The summed E-state index contributed by atoms with van der Waals surface area (Å²) in [7, 11) is 2.57.